The van der Waals surface area contributed by atoms with Gasteiger partial charge in [-0.25, -0.2) is 4.98 Å². The monoisotopic (exact) mass is 454 g/mol. The van der Waals surface area contributed by atoms with Gasteiger partial charge in [-0.05, 0) is 35.0 Å². The van der Waals surface area contributed by atoms with Gasteiger partial charge in [0.05, 0.1) is 21.6 Å². The van der Waals surface area contributed by atoms with Gasteiger partial charge in [-0.3, -0.25) is 25.2 Å². The summed E-state index contributed by atoms with van der Waals surface area (Å²) in [4.78, 5) is 29.3. The molecule has 0 saturated carbocycles. The van der Waals surface area contributed by atoms with Crippen LogP contribution < -0.4 is 0 Å². The van der Waals surface area contributed by atoms with E-state index in [9.17, 15) is 25.3 Å². The van der Waals surface area contributed by atoms with Gasteiger partial charge in [-0.1, -0.05) is 36.4 Å². The summed E-state index contributed by atoms with van der Waals surface area (Å²) in [7, 11) is 0. The highest BCUT2D eigenvalue weighted by molar-refractivity contribution is 5.96. The van der Waals surface area contributed by atoms with Crippen LogP contribution in [0, 0.1) is 20.2 Å². The Morgan fingerprint density at radius 1 is 0.941 bits per heavy atom. The maximum Gasteiger partial charge on any atom is 0.318 e. The van der Waals surface area contributed by atoms with E-state index in [0.29, 0.717) is 28.7 Å². The molecule has 1 N–H and O–H groups in total. The van der Waals surface area contributed by atoms with Crippen LogP contribution in [0.25, 0.3) is 33.3 Å². The lowest BCUT2D eigenvalue weighted by Crippen LogP contribution is -1.96. The Morgan fingerprint density at radius 2 is 1.74 bits per heavy atom. The normalized spacial score (nSPS) is 11.4. The molecule has 5 aromatic rings. The molecule has 34 heavy (non-hydrogen) atoms. The maximum absolute atomic E-state index is 11.1. The van der Waals surface area contributed by atoms with E-state index >= 15 is 0 Å². The van der Waals surface area contributed by atoms with Crippen LogP contribution in [-0.4, -0.2) is 26.2 Å². The number of hydrogen-bond acceptors (Lipinski definition) is 8. The molecule has 0 saturated heterocycles. The predicted molar refractivity (Wildman–Crippen MR) is 126 cm³/mol. The molecular formula is C24H14N4O6. The average molecular weight is 454 g/mol. The third-order valence-corrected chi connectivity index (χ3v) is 5.26. The van der Waals surface area contributed by atoms with Crippen molar-refractivity contribution in [2.45, 2.75) is 0 Å². The summed E-state index contributed by atoms with van der Waals surface area (Å²) in [5.41, 5.74) is 0.868. The quantitative estimate of drug-likeness (QED) is 0.197. The molecular weight excluding hydrogens is 440 g/mol. The predicted octanol–water partition coefficient (Wildman–Crippen LogP) is 5.92. The molecule has 0 unspecified atom stereocenters. The smallest absolute Gasteiger partial charge is 0.318 e. The second-order valence-corrected chi connectivity index (χ2v) is 7.37. The third-order valence-electron chi connectivity index (χ3n) is 5.26. The van der Waals surface area contributed by atoms with Gasteiger partial charge in [0, 0.05) is 23.4 Å². The van der Waals surface area contributed by atoms with Crippen molar-refractivity contribution in [1.29, 1.82) is 0 Å². The van der Waals surface area contributed by atoms with Crippen LogP contribution in [0.4, 0.5) is 17.1 Å². The van der Waals surface area contributed by atoms with Crippen LogP contribution in [-0.2, 0) is 0 Å². The van der Waals surface area contributed by atoms with Gasteiger partial charge in [0.2, 0.25) is 11.6 Å². The lowest BCUT2D eigenvalue weighted by atomic mass is 10.0. The third kappa shape index (κ3) is 3.69. The standard InChI is InChI=1S/C24H14N4O6/c29-23-15(10-17(27(30)31)12-21(23)28(32)33)13-25-16-8-9-22-20(11-16)26-24(34-22)19-7-3-5-14-4-1-2-6-18(14)19/h1-13,29H. The lowest BCUT2D eigenvalue weighted by Gasteiger charge is -2.01. The number of nitro benzene ring substituents is 2. The molecule has 0 aliphatic carbocycles. The molecule has 1 heterocycles. The first-order chi connectivity index (χ1) is 16.4. The van der Waals surface area contributed by atoms with Crippen LogP contribution >= 0.6 is 0 Å². The highest BCUT2D eigenvalue weighted by Crippen LogP contribution is 2.34. The minimum absolute atomic E-state index is 0.155. The fourth-order valence-electron chi connectivity index (χ4n) is 3.64. The van der Waals surface area contributed by atoms with E-state index in [-0.39, 0.29) is 5.56 Å². The Kier molecular flexibility index (Phi) is 4.94. The molecule has 0 atom stereocenters. The molecule has 0 aliphatic rings. The number of benzene rings is 4. The SMILES string of the molecule is O=[N+]([O-])c1cc(C=Nc2ccc3oc(-c4cccc5ccccc45)nc3c2)c(O)c([N+](=O)[O-])c1. The molecule has 4 aromatic carbocycles. The molecule has 10 nitrogen and oxygen atoms in total. The van der Waals surface area contributed by atoms with Gasteiger partial charge in [0.15, 0.2) is 5.58 Å². The summed E-state index contributed by atoms with van der Waals surface area (Å²) in [6, 6.07) is 20.4. The van der Waals surface area contributed by atoms with E-state index in [1.54, 1.807) is 18.2 Å². The van der Waals surface area contributed by atoms with E-state index in [1.807, 2.05) is 42.5 Å². The lowest BCUT2D eigenvalue weighted by molar-refractivity contribution is -0.394. The first kappa shape index (κ1) is 20.8. The molecule has 10 heteroatoms. The molecule has 166 valence electrons. The number of aromatic hydroxyl groups is 1. The molecule has 0 radical (unpaired) electrons. The summed E-state index contributed by atoms with van der Waals surface area (Å²) in [6.07, 6.45) is 1.13. The topological polar surface area (TPSA) is 145 Å². The maximum atomic E-state index is 11.1. The van der Waals surface area contributed by atoms with Crippen LogP contribution in [0.1, 0.15) is 5.56 Å². The number of rotatable bonds is 5. The second-order valence-electron chi connectivity index (χ2n) is 7.37. The number of nitro groups is 2. The van der Waals surface area contributed by atoms with Crippen LogP contribution in [0.3, 0.4) is 0 Å². The van der Waals surface area contributed by atoms with Crippen molar-refractivity contribution in [1.82, 2.24) is 4.98 Å². The van der Waals surface area contributed by atoms with Crippen LogP contribution in [0.2, 0.25) is 0 Å². The minimum Gasteiger partial charge on any atom is -0.502 e. The fourth-order valence-corrected chi connectivity index (χ4v) is 3.64. The summed E-state index contributed by atoms with van der Waals surface area (Å²) in [5, 5.41) is 34.4. The first-order valence-corrected chi connectivity index (χ1v) is 9.99. The highest BCUT2D eigenvalue weighted by Gasteiger charge is 2.23. The largest absolute Gasteiger partial charge is 0.502 e. The van der Waals surface area contributed by atoms with Gasteiger partial charge in [0.25, 0.3) is 5.69 Å². The molecule has 0 aliphatic heterocycles. The summed E-state index contributed by atoms with van der Waals surface area (Å²) in [6.45, 7) is 0. The van der Waals surface area contributed by atoms with E-state index in [1.165, 1.54) is 0 Å². The molecule has 0 bridgehead atoms. The van der Waals surface area contributed by atoms with Gasteiger partial charge >= 0.3 is 5.69 Å². The molecule has 1 aromatic heterocycles. The van der Waals surface area contributed by atoms with Gasteiger partial charge in [0.1, 0.15) is 5.52 Å². The van der Waals surface area contributed by atoms with Crippen molar-refractivity contribution < 1.29 is 19.4 Å². The van der Waals surface area contributed by atoms with Crippen molar-refractivity contribution in [2.75, 3.05) is 0 Å². The van der Waals surface area contributed by atoms with Gasteiger partial charge < -0.3 is 9.52 Å². The van der Waals surface area contributed by atoms with E-state index in [2.05, 4.69) is 9.98 Å². The van der Waals surface area contributed by atoms with Crippen molar-refractivity contribution in [2.24, 2.45) is 4.99 Å². The Labute approximate surface area is 190 Å². The number of aromatic nitrogens is 1. The van der Waals surface area contributed by atoms with E-state index in [4.69, 9.17) is 4.42 Å². The number of hydrogen-bond donors (Lipinski definition) is 1. The van der Waals surface area contributed by atoms with E-state index < -0.39 is 27.0 Å². The number of nitrogens with zero attached hydrogens (tertiary/aromatic N) is 4. The molecule has 0 amide bonds. The summed E-state index contributed by atoms with van der Waals surface area (Å²) in [5.74, 6) is -0.264. The van der Waals surface area contributed by atoms with Crippen LogP contribution in [0.5, 0.6) is 5.75 Å². The number of phenols is 1. The Balaban J connectivity index is 1.53. The fraction of sp³-hybridized carbons (Fsp3) is 0. The number of non-ortho nitro benzene ring substituents is 1. The second kappa shape index (κ2) is 8.10. The Hall–Kier alpha value is -5.12. The molecule has 0 fully saturated rings. The first-order valence-electron chi connectivity index (χ1n) is 9.99. The minimum atomic E-state index is -0.893. The Bertz CT molecular complexity index is 1630. The number of phenolic OH excluding ortho intramolecular Hbond substituents is 1. The van der Waals surface area contributed by atoms with Gasteiger partial charge in [-0.15, -0.1) is 0 Å². The number of oxazole rings is 1. The number of fused-ring (bicyclic) bond motifs is 2. The average Bonchev–Trinajstić information content (AvgIpc) is 3.26. The molecule has 5 rings (SSSR count). The highest BCUT2D eigenvalue weighted by atomic mass is 16.6. The summed E-state index contributed by atoms with van der Waals surface area (Å²) < 4.78 is 5.93. The van der Waals surface area contributed by atoms with E-state index in [0.717, 1.165) is 28.6 Å². The van der Waals surface area contributed by atoms with Gasteiger partial charge in [-0.2, -0.15) is 0 Å². The zero-order valence-corrected chi connectivity index (χ0v) is 17.3. The zero-order chi connectivity index (χ0) is 23.8. The van der Waals surface area contributed by atoms with Crippen molar-refractivity contribution in [3.8, 4) is 17.2 Å². The van der Waals surface area contributed by atoms with Crippen molar-refractivity contribution in [3.05, 3.63) is 98.6 Å². The van der Waals surface area contributed by atoms with Crippen molar-refractivity contribution >= 4 is 45.1 Å². The zero-order valence-electron chi connectivity index (χ0n) is 17.3. The molecule has 0 spiro atoms. The Morgan fingerprint density at radius 3 is 2.53 bits per heavy atom. The number of aliphatic imine (C=N–C) groups is 1. The van der Waals surface area contributed by atoms with Crippen molar-refractivity contribution in [3.63, 3.8) is 0 Å². The van der Waals surface area contributed by atoms with Crippen LogP contribution in [0.15, 0.2) is 82.2 Å². The summed E-state index contributed by atoms with van der Waals surface area (Å²) >= 11 is 0.